The molecule has 1 aliphatic heterocycles. The molecule has 2 fully saturated rings. The summed E-state index contributed by atoms with van der Waals surface area (Å²) in [5, 5.41) is 0. The van der Waals surface area contributed by atoms with Crippen LogP contribution in [0.5, 0.6) is 0 Å². The van der Waals surface area contributed by atoms with Crippen LogP contribution in [0.15, 0.2) is 0 Å². The highest BCUT2D eigenvalue weighted by Gasteiger charge is 2.35. The molecular formula is C13H23N3O2. The number of carbonyl (C=O) groups excluding carboxylic acids is 2. The summed E-state index contributed by atoms with van der Waals surface area (Å²) in [5.41, 5.74) is 5.87. The Morgan fingerprint density at radius 3 is 2.00 bits per heavy atom. The van der Waals surface area contributed by atoms with Crippen LogP contribution in [0, 0.1) is 11.8 Å². The minimum Gasteiger partial charge on any atom is -0.339 e. The molecule has 0 spiro atoms. The van der Waals surface area contributed by atoms with E-state index in [-0.39, 0.29) is 23.7 Å². The Kier molecular flexibility index (Phi) is 3.90. The average molecular weight is 253 g/mol. The predicted molar refractivity (Wildman–Crippen MR) is 68.7 cm³/mol. The summed E-state index contributed by atoms with van der Waals surface area (Å²) in [7, 11) is 0. The van der Waals surface area contributed by atoms with E-state index < -0.39 is 6.04 Å². The minimum atomic E-state index is -0.421. The number of hydrogen-bond acceptors (Lipinski definition) is 3. The first-order valence-electron chi connectivity index (χ1n) is 6.84. The van der Waals surface area contributed by atoms with Gasteiger partial charge < -0.3 is 15.5 Å². The van der Waals surface area contributed by atoms with E-state index in [1.807, 2.05) is 18.7 Å². The van der Waals surface area contributed by atoms with Crippen molar-refractivity contribution in [2.45, 2.75) is 32.7 Å². The molecule has 0 aromatic heterocycles. The zero-order valence-electron chi connectivity index (χ0n) is 11.3. The molecule has 1 saturated carbocycles. The second-order valence-electron chi connectivity index (χ2n) is 5.69. The third kappa shape index (κ3) is 2.83. The zero-order chi connectivity index (χ0) is 13.3. The summed E-state index contributed by atoms with van der Waals surface area (Å²) in [5.74, 6) is 0.715. The predicted octanol–water partition coefficient (Wildman–Crippen LogP) is 0.0505. The van der Waals surface area contributed by atoms with Gasteiger partial charge in [0.05, 0.1) is 6.04 Å². The molecule has 1 saturated heterocycles. The topological polar surface area (TPSA) is 66.6 Å². The van der Waals surface area contributed by atoms with Crippen molar-refractivity contribution in [2.24, 2.45) is 17.6 Å². The van der Waals surface area contributed by atoms with Gasteiger partial charge in [-0.2, -0.15) is 0 Å². The van der Waals surface area contributed by atoms with Gasteiger partial charge in [-0.25, -0.2) is 0 Å². The van der Waals surface area contributed by atoms with Gasteiger partial charge in [0.25, 0.3) is 0 Å². The van der Waals surface area contributed by atoms with Gasteiger partial charge in [0.2, 0.25) is 11.8 Å². The number of carbonyl (C=O) groups is 2. The average Bonchev–Trinajstić information content (AvgIpc) is 3.20. The van der Waals surface area contributed by atoms with Crippen molar-refractivity contribution in [3.05, 3.63) is 0 Å². The summed E-state index contributed by atoms with van der Waals surface area (Å²) in [6.45, 7) is 6.47. The zero-order valence-corrected chi connectivity index (χ0v) is 11.3. The highest BCUT2D eigenvalue weighted by molar-refractivity contribution is 5.83. The van der Waals surface area contributed by atoms with Gasteiger partial charge in [-0.15, -0.1) is 0 Å². The summed E-state index contributed by atoms with van der Waals surface area (Å²) >= 11 is 0. The minimum absolute atomic E-state index is 0.0171. The fourth-order valence-electron chi connectivity index (χ4n) is 2.23. The smallest absolute Gasteiger partial charge is 0.239 e. The first kappa shape index (κ1) is 13.3. The van der Waals surface area contributed by atoms with E-state index in [2.05, 4.69) is 0 Å². The molecular weight excluding hydrogens is 230 g/mol. The van der Waals surface area contributed by atoms with E-state index in [1.54, 1.807) is 4.90 Å². The first-order valence-corrected chi connectivity index (χ1v) is 6.84. The maximum absolute atomic E-state index is 12.1. The lowest BCUT2D eigenvalue weighted by atomic mass is 10.0. The van der Waals surface area contributed by atoms with E-state index in [0.717, 1.165) is 12.8 Å². The normalized spacial score (nSPS) is 22.2. The maximum Gasteiger partial charge on any atom is 0.239 e. The molecule has 2 rings (SSSR count). The molecule has 102 valence electrons. The lowest BCUT2D eigenvalue weighted by Crippen LogP contribution is -2.55. The Morgan fingerprint density at radius 2 is 1.56 bits per heavy atom. The van der Waals surface area contributed by atoms with Crippen molar-refractivity contribution < 1.29 is 9.59 Å². The van der Waals surface area contributed by atoms with Crippen LogP contribution in [0.2, 0.25) is 0 Å². The summed E-state index contributed by atoms with van der Waals surface area (Å²) in [6.07, 6.45) is 2.08. The van der Waals surface area contributed by atoms with Gasteiger partial charge in [0, 0.05) is 32.1 Å². The van der Waals surface area contributed by atoms with E-state index in [0.29, 0.717) is 26.2 Å². The summed E-state index contributed by atoms with van der Waals surface area (Å²) in [4.78, 5) is 27.6. The first-order chi connectivity index (χ1) is 8.50. The van der Waals surface area contributed by atoms with Gasteiger partial charge in [-0.1, -0.05) is 13.8 Å². The molecule has 0 aromatic carbocycles. The second kappa shape index (κ2) is 5.26. The van der Waals surface area contributed by atoms with Crippen LogP contribution in [0.25, 0.3) is 0 Å². The summed E-state index contributed by atoms with van der Waals surface area (Å²) < 4.78 is 0. The fourth-order valence-corrected chi connectivity index (χ4v) is 2.23. The van der Waals surface area contributed by atoms with Gasteiger partial charge in [-0.05, 0) is 18.8 Å². The van der Waals surface area contributed by atoms with Crippen LogP contribution < -0.4 is 5.73 Å². The molecule has 5 nitrogen and oxygen atoms in total. The maximum atomic E-state index is 12.1. The number of amides is 2. The van der Waals surface area contributed by atoms with Crippen molar-refractivity contribution in [1.82, 2.24) is 9.80 Å². The largest absolute Gasteiger partial charge is 0.339 e. The number of hydrogen-bond donors (Lipinski definition) is 1. The van der Waals surface area contributed by atoms with Crippen LogP contribution in [-0.2, 0) is 9.59 Å². The van der Waals surface area contributed by atoms with Gasteiger partial charge in [-0.3, -0.25) is 9.59 Å². The molecule has 1 heterocycles. The van der Waals surface area contributed by atoms with Gasteiger partial charge in [0.1, 0.15) is 0 Å². The van der Waals surface area contributed by atoms with Crippen LogP contribution in [0.4, 0.5) is 0 Å². The van der Waals surface area contributed by atoms with E-state index in [9.17, 15) is 9.59 Å². The SMILES string of the molecule is CC(C)C(N)C(=O)N1CCN(C(=O)C2CC2)CC1. The number of nitrogens with zero attached hydrogens (tertiary/aromatic N) is 2. The number of rotatable bonds is 3. The Bertz CT molecular complexity index is 331. The number of piperazine rings is 1. The van der Waals surface area contributed by atoms with E-state index >= 15 is 0 Å². The van der Waals surface area contributed by atoms with E-state index in [1.165, 1.54) is 0 Å². The highest BCUT2D eigenvalue weighted by Crippen LogP contribution is 2.31. The third-order valence-electron chi connectivity index (χ3n) is 3.83. The molecule has 0 bridgehead atoms. The molecule has 1 atom stereocenters. The van der Waals surface area contributed by atoms with Crippen molar-refractivity contribution in [2.75, 3.05) is 26.2 Å². The Balaban J connectivity index is 1.82. The fraction of sp³-hybridized carbons (Fsp3) is 0.846. The van der Waals surface area contributed by atoms with Crippen LogP contribution in [-0.4, -0.2) is 53.8 Å². The van der Waals surface area contributed by atoms with Crippen molar-refractivity contribution in [3.63, 3.8) is 0 Å². The Morgan fingerprint density at radius 1 is 1.06 bits per heavy atom. The summed E-state index contributed by atoms with van der Waals surface area (Å²) in [6, 6.07) is -0.421. The second-order valence-corrected chi connectivity index (χ2v) is 5.69. The van der Waals surface area contributed by atoms with Crippen molar-refractivity contribution >= 4 is 11.8 Å². The lowest BCUT2D eigenvalue weighted by Gasteiger charge is -2.36. The Hall–Kier alpha value is -1.10. The molecule has 1 aliphatic carbocycles. The van der Waals surface area contributed by atoms with Crippen LogP contribution in [0.1, 0.15) is 26.7 Å². The monoisotopic (exact) mass is 253 g/mol. The highest BCUT2D eigenvalue weighted by atomic mass is 16.2. The number of nitrogens with two attached hydrogens (primary N) is 1. The van der Waals surface area contributed by atoms with Gasteiger partial charge in [0.15, 0.2) is 0 Å². The molecule has 0 aromatic rings. The molecule has 2 aliphatic rings. The standard InChI is InChI=1S/C13H23N3O2/c1-9(2)11(14)13(18)16-7-5-15(6-8-16)12(17)10-3-4-10/h9-11H,3-8,14H2,1-2H3. The van der Waals surface area contributed by atoms with Gasteiger partial charge >= 0.3 is 0 Å². The van der Waals surface area contributed by atoms with Crippen LogP contribution in [0.3, 0.4) is 0 Å². The molecule has 1 unspecified atom stereocenters. The Labute approximate surface area is 108 Å². The molecule has 0 radical (unpaired) electrons. The quantitative estimate of drug-likeness (QED) is 0.773. The van der Waals surface area contributed by atoms with E-state index in [4.69, 9.17) is 5.73 Å². The molecule has 2 N–H and O–H groups in total. The molecule has 2 amide bonds. The molecule has 5 heteroatoms. The van der Waals surface area contributed by atoms with Crippen molar-refractivity contribution in [1.29, 1.82) is 0 Å². The van der Waals surface area contributed by atoms with Crippen LogP contribution >= 0.6 is 0 Å². The third-order valence-corrected chi connectivity index (χ3v) is 3.83. The lowest BCUT2D eigenvalue weighted by molar-refractivity contribution is -0.141. The van der Waals surface area contributed by atoms with Crippen molar-refractivity contribution in [3.8, 4) is 0 Å². The molecule has 18 heavy (non-hydrogen) atoms.